The monoisotopic (exact) mass is 320 g/mol. The molecule has 0 radical (unpaired) electrons. The maximum atomic E-state index is 12.4. The predicted octanol–water partition coefficient (Wildman–Crippen LogP) is 2.31. The van der Waals surface area contributed by atoms with Crippen LogP contribution in [0.3, 0.4) is 0 Å². The first kappa shape index (κ1) is 16.5. The molecule has 1 atom stereocenters. The third kappa shape index (κ3) is 3.45. The molecule has 5 heteroatoms. The number of carbonyl (C=O) groups excluding carboxylic acids is 1. The predicted molar refractivity (Wildman–Crippen MR) is 88.2 cm³/mol. The molecule has 0 aromatic carbocycles. The highest BCUT2D eigenvalue weighted by Gasteiger charge is 2.46. The molecular weight excluding hydrogens is 292 g/mol. The largest absolute Gasteiger partial charge is 0.469 e. The van der Waals surface area contributed by atoms with Crippen LogP contribution >= 0.6 is 0 Å². The van der Waals surface area contributed by atoms with E-state index in [0.717, 1.165) is 44.9 Å². The Morgan fingerprint density at radius 2 is 2.17 bits per heavy atom. The van der Waals surface area contributed by atoms with Gasteiger partial charge in [0.1, 0.15) is 5.76 Å². The fourth-order valence-electron chi connectivity index (χ4n) is 4.09. The Hall–Kier alpha value is -1.33. The van der Waals surface area contributed by atoms with E-state index >= 15 is 0 Å². The third-order valence-corrected chi connectivity index (χ3v) is 5.71. The van der Waals surface area contributed by atoms with Gasteiger partial charge in [-0.25, -0.2) is 0 Å². The van der Waals surface area contributed by atoms with Gasteiger partial charge in [0, 0.05) is 31.3 Å². The second-order valence-electron chi connectivity index (χ2n) is 6.82. The van der Waals surface area contributed by atoms with Gasteiger partial charge in [0.25, 0.3) is 0 Å². The van der Waals surface area contributed by atoms with E-state index in [1.54, 1.807) is 6.26 Å². The first-order valence-electron chi connectivity index (χ1n) is 8.75. The van der Waals surface area contributed by atoms with Crippen molar-refractivity contribution in [2.75, 3.05) is 33.4 Å². The van der Waals surface area contributed by atoms with Crippen LogP contribution in [0.15, 0.2) is 22.8 Å². The smallest absolute Gasteiger partial charge is 0.230 e. The van der Waals surface area contributed by atoms with Gasteiger partial charge in [-0.05, 0) is 51.8 Å². The van der Waals surface area contributed by atoms with Gasteiger partial charge in [0.05, 0.1) is 19.3 Å². The highest BCUT2D eigenvalue weighted by atomic mass is 16.5. The van der Waals surface area contributed by atoms with E-state index in [1.807, 2.05) is 24.0 Å². The summed E-state index contributed by atoms with van der Waals surface area (Å²) in [6.45, 7) is 5.37. The van der Waals surface area contributed by atoms with Gasteiger partial charge in [-0.2, -0.15) is 0 Å². The van der Waals surface area contributed by atoms with E-state index in [2.05, 4.69) is 11.9 Å². The molecule has 2 saturated heterocycles. The Bertz CT molecular complexity index is 506. The van der Waals surface area contributed by atoms with E-state index < -0.39 is 0 Å². The Kier molecular flexibility index (Phi) is 5.07. The van der Waals surface area contributed by atoms with Crippen LogP contribution in [0.5, 0.6) is 0 Å². The normalized spacial score (nSPS) is 24.4. The molecule has 0 saturated carbocycles. The summed E-state index contributed by atoms with van der Waals surface area (Å²) in [6.07, 6.45) is 6.56. The molecule has 1 spiro atoms. The van der Waals surface area contributed by atoms with Gasteiger partial charge in [0.2, 0.25) is 5.91 Å². The highest BCUT2D eigenvalue weighted by Crippen LogP contribution is 2.40. The van der Waals surface area contributed by atoms with Crippen LogP contribution in [-0.2, 0) is 16.0 Å². The molecule has 2 aliphatic rings. The number of carbonyl (C=O) groups is 1. The molecular formula is C18H28N2O3. The van der Waals surface area contributed by atoms with Crippen molar-refractivity contribution in [2.24, 2.45) is 0 Å². The maximum absolute atomic E-state index is 12.4. The first-order valence-corrected chi connectivity index (χ1v) is 8.75. The van der Waals surface area contributed by atoms with E-state index in [4.69, 9.17) is 9.15 Å². The number of hydrogen-bond acceptors (Lipinski definition) is 4. The average molecular weight is 320 g/mol. The topological polar surface area (TPSA) is 45.9 Å². The van der Waals surface area contributed by atoms with Crippen molar-refractivity contribution >= 4 is 5.91 Å². The standard InChI is InChI=1S/C18H28N2O3/c1-3-22-14-15-6-7-18(19(15)2)8-10-20(11-9-18)17(21)13-16-5-4-12-23-16/h4-5,12,15H,3,6-11,13-14H2,1-2H3/t15-/m0/s1. The van der Waals surface area contributed by atoms with Gasteiger partial charge in [-0.1, -0.05) is 0 Å². The summed E-state index contributed by atoms with van der Waals surface area (Å²) < 4.78 is 10.9. The maximum Gasteiger partial charge on any atom is 0.230 e. The number of amides is 1. The Morgan fingerprint density at radius 1 is 1.39 bits per heavy atom. The van der Waals surface area contributed by atoms with Gasteiger partial charge < -0.3 is 14.1 Å². The van der Waals surface area contributed by atoms with Gasteiger partial charge in [-0.3, -0.25) is 9.69 Å². The number of rotatable bonds is 5. The number of furan rings is 1. The molecule has 23 heavy (non-hydrogen) atoms. The number of likely N-dealkylation sites (tertiary alicyclic amines) is 2. The molecule has 5 nitrogen and oxygen atoms in total. The number of likely N-dealkylation sites (N-methyl/N-ethyl adjacent to an activating group) is 1. The van der Waals surface area contributed by atoms with Crippen LogP contribution in [0.4, 0.5) is 0 Å². The summed E-state index contributed by atoms with van der Waals surface area (Å²) in [5.41, 5.74) is 0.267. The van der Waals surface area contributed by atoms with Gasteiger partial charge in [-0.15, -0.1) is 0 Å². The van der Waals surface area contributed by atoms with Crippen LogP contribution < -0.4 is 0 Å². The lowest BCUT2D eigenvalue weighted by molar-refractivity contribution is -0.133. The Balaban J connectivity index is 1.53. The minimum absolute atomic E-state index is 0.182. The van der Waals surface area contributed by atoms with Crippen molar-refractivity contribution < 1.29 is 13.9 Å². The lowest BCUT2D eigenvalue weighted by atomic mass is 9.85. The minimum Gasteiger partial charge on any atom is -0.469 e. The number of nitrogens with zero attached hydrogens (tertiary/aromatic N) is 2. The number of hydrogen-bond donors (Lipinski definition) is 0. The zero-order chi connectivity index (χ0) is 16.3. The van der Waals surface area contributed by atoms with E-state index in [-0.39, 0.29) is 11.4 Å². The van der Waals surface area contributed by atoms with Gasteiger partial charge in [0.15, 0.2) is 0 Å². The molecule has 1 aromatic rings. The van der Waals surface area contributed by atoms with Crippen LogP contribution in [0, 0.1) is 0 Å². The molecule has 128 valence electrons. The second kappa shape index (κ2) is 7.05. The molecule has 0 unspecified atom stereocenters. The lowest BCUT2D eigenvalue weighted by Crippen LogP contribution is -2.54. The zero-order valence-corrected chi connectivity index (χ0v) is 14.3. The fourth-order valence-corrected chi connectivity index (χ4v) is 4.09. The quantitative estimate of drug-likeness (QED) is 0.835. The molecule has 3 heterocycles. The SMILES string of the molecule is CCOC[C@@H]1CCC2(CCN(C(=O)Cc3ccco3)CC2)N1C. The summed E-state index contributed by atoms with van der Waals surface area (Å²) in [5.74, 6) is 0.936. The zero-order valence-electron chi connectivity index (χ0n) is 14.3. The van der Waals surface area contributed by atoms with Crippen molar-refractivity contribution in [2.45, 2.75) is 50.6 Å². The molecule has 2 fully saturated rings. The molecule has 0 N–H and O–H groups in total. The van der Waals surface area contributed by atoms with Crippen molar-refractivity contribution in [1.29, 1.82) is 0 Å². The van der Waals surface area contributed by atoms with E-state index in [9.17, 15) is 4.79 Å². The summed E-state index contributed by atoms with van der Waals surface area (Å²) in [6, 6.07) is 4.23. The Morgan fingerprint density at radius 3 is 2.83 bits per heavy atom. The third-order valence-electron chi connectivity index (χ3n) is 5.71. The van der Waals surface area contributed by atoms with Gasteiger partial charge >= 0.3 is 0 Å². The molecule has 3 rings (SSSR count). The van der Waals surface area contributed by atoms with Crippen LogP contribution in [-0.4, -0.2) is 60.6 Å². The molecule has 1 aromatic heterocycles. The molecule has 1 amide bonds. The summed E-state index contributed by atoms with van der Waals surface area (Å²) >= 11 is 0. The Labute approximate surface area is 138 Å². The van der Waals surface area contributed by atoms with Crippen molar-refractivity contribution in [3.8, 4) is 0 Å². The number of piperidine rings is 1. The number of ether oxygens (including phenoxy) is 1. The lowest BCUT2D eigenvalue weighted by Gasteiger charge is -2.45. The summed E-state index contributed by atoms with van der Waals surface area (Å²) in [7, 11) is 2.23. The van der Waals surface area contributed by atoms with E-state index in [1.165, 1.54) is 12.8 Å². The van der Waals surface area contributed by atoms with Crippen LogP contribution in [0.1, 0.15) is 38.4 Å². The molecule has 2 aliphatic heterocycles. The highest BCUT2D eigenvalue weighted by molar-refractivity contribution is 5.78. The summed E-state index contributed by atoms with van der Waals surface area (Å²) in [4.78, 5) is 16.9. The molecule has 0 aliphatic carbocycles. The van der Waals surface area contributed by atoms with Crippen molar-refractivity contribution in [3.63, 3.8) is 0 Å². The summed E-state index contributed by atoms with van der Waals surface area (Å²) in [5, 5.41) is 0. The van der Waals surface area contributed by atoms with Crippen LogP contribution in [0.25, 0.3) is 0 Å². The van der Waals surface area contributed by atoms with Crippen molar-refractivity contribution in [3.05, 3.63) is 24.2 Å². The molecule has 0 bridgehead atoms. The first-order chi connectivity index (χ1) is 11.1. The van der Waals surface area contributed by atoms with E-state index in [0.29, 0.717) is 12.5 Å². The second-order valence-corrected chi connectivity index (χ2v) is 6.82. The minimum atomic E-state index is 0.182. The fraction of sp³-hybridized carbons (Fsp3) is 0.722. The van der Waals surface area contributed by atoms with Crippen molar-refractivity contribution in [1.82, 2.24) is 9.80 Å². The van der Waals surface area contributed by atoms with Crippen LogP contribution in [0.2, 0.25) is 0 Å². The average Bonchev–Trinajstić information content (AvgIpc) is 3.17.